The Hall–Kier alpha value is -4.71. The Morgan fingerprint density at radius 2 is 0.966 bits per heavy atom. The molecule has 0 atom stereocenters. The summed E-state index contributed by atoms with van der Waals surface area (Å²) in [6.45, 7) is 1.96. The fourth-order valence-corrected chi connectivity index (χ4v) is 7.85. The van der Waals surface area contributed by atoms with E-state index in [4.69, 9.17) is 15.8 Å². The average molecular weight is 901 g/mol. The first-order chi connectivity index (χ1) is 27.6. The van der Waals surface area contributed by atoms with Crippen LogP contribution in [-0.4, -0.2) is 81.6 Å². The smallest absolute Gasteiger partial charge is 0.264 e. The summed E-state index contributed by atoms with van der Waals surface area (Å²) in [4.78, 5) is 22.6. The van der Waals surface area contributed by atoms with Crippen LogP contribution in [0.25, 0.3) is 0 Å². The third-order valence-electron chi connectivity index (χ3n) is 8.48. The molecule has 4 aromatic carbocycles. The second-order valence-electron chi connectivity index (χ2n) is 12.8. The van der Waals surface area contributed by atoms with E-state index in [2.05, 4.69) is 10.6 Å². The zero-order valence-electron chi connectivity index (χ0n) is 30.1. The lowest BCUT2D eigenvalue weighted by atomic mass is 10.1. The van der Waals surface area contributed by atoms with Crippen LogP contribution < -0.4 is 16.0 Å². The number of halogens is 9. The van der Waals surface area contributed by atoms with Crippen LogP contribution in [-0.2, 0) is 19.1 Å². The van der Waals surface area contributed by atoms with Crippen LogP contribution in [0, 0.1) is 46.5 Å². The zero-order valence-corrected chi connectivity index (χ0v) is 32.5. The van der Waals surface area contributed by atoms with Gasteiger partial charge in [-0.1, -0.05) is 0 Å². The van der Waals surface area contributed by atoms with E-state index in [9.17, 15) is 66.7 Å². The summed E-state index contributed by atoms with van der Waals surface area (Å²) in [6, 6.07) is 7.03. The number of aliphatic hydroxyl groups excluding tert-OH is 2. The van der Waals surface area contributed by atoms with E-state index < -0.39 is 105 Å². The topological polar surface area (TPSA) is 182 Å². The molecule has 2 amide bonds. The molecule has 5 N–H and O–H groups in total. The Labute approximate surface area is 336 Å². The van der Waals surface area contributed by atoms with Gasteiger partial charge in [-0.15, -0.1) is 0 Å². The van der Waals surface area contributed by atoms with Crippen molar-refractivity contribution in [2.24, 2.45) is 0 Å². The Morgan fingerprint density at radius 1 is 0.593 bits per heavy atom. The van der Waals surface area contributed by atoms with Crippen LogP contribution in [0.15, 0.2) is 70.5 Å². The number of hydrogen-bond acceptors (Lipinski definition) is 9. The molecular weight excluding hydrogens is 868 g/mol. The molecule has 2 aliphatic heterocycles. The second kappa shape index (κ2) is 20.0. The minimum Gasteiger partial charge on any atom is -0.393 e. The quantitative estimate of drug-likeness (QED) is 0.0871. The monoisotopic (exact) mass is 900 g/mol. The van der Waals surface area contributed by atoms with Gasteiger partial charge in [0, 0.05) is 70.5 Å². The van der Waals surface area contributed by atoms with Crippen molar-refractivity contribution < 1.29 is 71.8 Å². The maximum atomic E-state index is 14.2. The molecule has 0 radical (unpaired) electrons. The first-order valence-corrected chi connectivity index (χ1v) is 20.9. The van der Waals surface area contributed by atoms with Crippen molar-refractivity contribution in [1.82, 2.24) is 9.62 Å². The number of piperidine rings is 2. The number of carbonyl (C=O) groups is 2. The normalized spacial score (nSPS) is 15.3. The van der Waals surface area contributed by atoms with Crippen molar-refractivity contribution in [2.75, 3.05) is 36.8 Å². The number of anilines is 2. The number of hydrogen-bond donors (Lipinski definition) is 5. The van der Waals surface area contributed by atoms with Gasteiger partial charge in [0.2, 0.25) is 10.0 Å². The highest BCUT2D eigenvalue weighted by atomic mass is 35.7. The van der Waals surface area contributed by atoms with Gasteiger partial charge in [0.05, 0.1) is 12.2 Å². The van der Waals surface area contributed by atoms with E-state index in [-0.39, 0.29) is 43.2 Å². The maximum absolute atomic E-state index is 14.2. The third-order valence-corrected chi connectivity index (χ3v) is 11.7. The Balaban J connectivity index is 0.000000227. The summed E-state index contributed by atoms with van der Waals surface area (Å²) >= 11 is 0. The summed E-state index contributed by atoms with van der Waals surface area (Å²) in [5, 5.41) is 25.7. The number of nitrogens with zero attached hydrogens (tertiary/aromatic N) is 1. The molecule has 2 saturated heterocycles. The van der Waals surface area contributed by atoms with Crippen LogP contribution in [0.4, 0.5) is 46.5 Å². The number of nitrogens with one attached hydrogen (secondary N) is 3. The number of amides is 2. The average Bonchev–Trinajstić information content (AvgIpc) is 3.16. The Kier molecular flexibility index (Phi) is 15.9. The van der Waals surface area contributed by atoms with E-state index in [1.165, 1.54) is 0 Å². The molecular formula is C36H33ClF8N4O8S2. The molecule has 0 aliphatic carbocycles. The zero-order chi connectivity index (χ0) is 43.8. The first-order valence-electron chi connectivity index (χ1n) is 17.1. The minimum absolute atomic E-state index is 0.00645. The van der Waals surface area contributed by atoms with Gasteiger partial charge in [0.1, 0.15) is 21.4 Å². The van der Waals surface area contributed by atoms with Crippen LogP contribution in [0.5, 0.6) is 0 Å². The molecule has 0 spiro atoms. The first kappa shape index (κ1) is 47.0. The van der Waals surface area contributed by atoms with Gasteiger partial charge in [0.15, 0.2) is 34.9 Å². The van der Waals surface area contributed by atoms with Crippen molar-refractivity contribution in [1.29, 1.82) is 0 Å². The van der Waals surface area contributed by atoms with Crippen molar-refractivity contribution in [3.8, 4) is 0 Å². The lowest BCUT2D eigenvalue weighted by molar-refractivity contribution is 0.101. The predicted octanol–water partition coefficient (Wildman–Crippen LogP) is 5.79. The fraction of sp³-hybridized carbons (Fsp3) is 0.278. The van der Waals surface area contributed by atoms with Crippen molar-refractivity contribution in [3.05, 3.63) is 118 Å². The molecule has 320 valence electrons. The SMILES string of the molecule is O=C(Nc1cc(F)c(F)c(F)c1)c1ccc(F)c(S(=O)(=O)Cl)c1.O=C(Nc1cc(F)c(F)c(F)c1)c1ccc(F)c(S(=O)(=O)N2CCC(O)CC2)c1.OC1CCNCC1. The number of aliphatic hydroxyl groups is 2. The standard InChI is InChI=1S/C18H16F4N2O4S.C13H6ClF4NO3S.C5H11NO/c19-13-2-1-10(18(26)23-11-8-14(20)17(22)15(21)9-11)7-16(13)29(27,28)24-5-3-12(25)4-6-24;14-23(21,22)11-3-6(1-2-8(11)15)13(20)19-7-4-9(16)12(18)10(17)5-7;7-5-1-3-6-4-2-5/h1-2,7-9,12,25H,3-6H2,(H,23,26);1-5H,(H,19,20);5-7H,1-4H2. The highest BCUT2D eigenvalue weighted by Crippen LogP contribution is 2.26. The predicted molar refractivity (Wildman–Crippen MR) is 196 cm³/mol. The van der Waals surface area contributed by atoms with Crippen LogP contribution in [0.2, 0.25) is 0 Å². The minimum atomic E-state index is -4.43. The lowest BCUT2D eigenvalue weighted by Crippen LogP contribution is -2.40. The molecule has 0 unspecified atom stereocenters. The van der Waals surface area contributed by atoms with Crippen LogP contribution in [0.3, 0.4) is 0 Å². The molecule has 4 aromatic rings. The van der Waals surface area contributed by atoms with Gasteiger partial charge in [0.25, 0.3) is 20.9 Å². The van der Waals surface area contributed by atoms with E-state index in [1.54, 1.807) is 0 Å². The van der Waals surface area contributed by atoms with Gasteiger partial charge in [-0.25, -0.2) is 52.0 Å². The molecule has 2 heterocycles. The molecule has 6 rings (SSSR count). The number of sulfonamides is 1. The Bertz CT molecular complexity index is 2370. The highest BCUT2D eigenvalue weighted by Gasteiger charge is 2.31. The molecule has 2 aliphatic rings. The largest absolute Gasteiger partial charge is 0.393 e. The van der Waals surface area contributed by atoms with Crippen molar-refractivity contribution in [2.45, 2.75) is 47.7 Å². The lowest BCUT2D eigenvalue weighted by Gasteiger charge is -2.28. The van der Waals surface area contributed by atoms with Gasteiger partial charge in [-0.05, 0) is 75.2 Å². The van der Waals surface area contributed by atoms with Gasteiger partial charge < -0.3 is 26.2 Å². The maximum Gasteiger partial charge on any atom is 0.264 e. The second-order valence-corrected chi connectivity index (χ2v) is 17.2. The van der Waals surface area contributed by atoms with Crippen molar-refractivity contribution in [3.63, 3.8) is 0 Å². The summed E-state index contributed by atoms with van der Waals surface area (Å²) in [7, 11) is -3.68. The van der Waals surface area contributed by atoms with Gasteiger partial charge in [-0.2, -0.15) is 4.31 Å². The van der Waals surface area contributed by atoms with E-state index in [0.717, 1.165) is 54.5 Å². The number of rotatable bonds is 7. The van der Waals surface area contributed by atoms with Gasteiger partial charge in [-0.3, -0.25) is 9.59 Å². The van der Waals surface area contributed by atoms with Crippen molar-refractivity contribution >= 4 is 52.9 Å². The summed E-state index contributed by atoms with van der Waals surface area (Å²) in [5.41, 5.74) is -1.43. The Morgan fingerprint density at radius 3 is 1.34 bits per heavy atom. The van der Waals surface area contributed by atoms with Gasteiger partial charge >= 0.3 is 0 Å². The fourth-order valence-electron chi connectivity index (χ4n) is 5.36. The molecule has 0 bridgehead atoms. The van der Waals surface area contributed by atoms with E-state index in [0.29, 0.717) is 36.4 Å². The number of benzene rings is 4. The highest BCUT2D eigenvalue weighted by molar-refractivity contribution is 8.13. The molecule has 12 nitrogen and oxygen atoms in total. The van der Waals surface area contributed by atoms with E-state index in [1.807, 2.05) is 5.32 Å². The molecule has 23 heteroatoms. The summed E-state index contributed by atoms with van der Waals surface area (Å²) in [6.07, 6.45) is 1.59. The van der Waals surface area contributed by atoms with Crippen LogP contribution >= 0.6 is 10.7 Å². The summed E-state index contributed by atoms with van der Waals surface area (Å²) < 4.78 is 155. The molecule has 0 saturated carbocycles. The number of carbonyl (C=O) groups excluding carboxylic acids is 2. The molecule has 59 heavy (non-hydrogen) atoms. The third kappa shape index (κ3) is 12.6. The summed E-state index contributed by atoms with van der Waals surface area (Å²) in [5.74, 6) is -13.7. The van der Waals surface area contributed by atoms with E-state index >= 15 is 0 Å². The van der Waals surface area contributed by atoms with Crippen LogP contribution in [0.1, 0.15) is 46.4 Å². The molecule has 0 aromatic heterocycles. The molecule has 2 fully saturated rings.